The molecule has 0 atom stereocenters. The van der Waals surface area contributed by atoms with Crippen LogP contribution in [0.5, 0.6) is 0 Å². The molecule has 0 spiro atoms. The number of amidine groups is 1. The monoisotopic (exact) mass is 215 g/mol. The van der Waals surface area contributed by atoms with Gasteiger partial charge in [-0.15, -0.1) is 0 Å². The Balaban J connectivity index is 2.34. The zero-order valence-electron chi connectivity index (χ0n) is 7.95. The molecule has 0 radical (unpaired) electrons. The summed E-state index contributed by atoms with van der Waals surface area (Å²) in [7, 11) is -3.49. The van der Waals surface area contributed by atoms with Crippen LogP contribution in [0.1, 0.15) is 26.2 Å². The van der Waals surface area contributed by atoms with Gasteiger partial charge in [0.25, 0.3) is 0 Å². The Kier molecular flexibility index (Phi) is 2.02. The molecule has 5 nitrogen and oxygen atoms in total. The van der Waals surface area contributed by atoms with Crippen molar-refractivity contribution >= 4 is 16.0 Å². The van der Waals surface area contributed by atoms with Crippen LogP contribution in [-0.2, 0) is 10.2 Å². The van der Waals surface area contributed by atoms with E-state index in [2.05, 4.69) is 4.72 Å². The molecule has 1 aliphatic carbocycles. The van der Waals surface area contributed by atoms with Crippen molar-refractivity contribution in [3.05, 3.63) is 11.8 Å². The lowest BCUT2D eigenvalue weighted by Crippen LogP contribution is -2.53. The van der Waals surface area contributed by atoms with Crippen molar-refractivity contribution in [1.82, 2.24) is 9.03 Å². The molecule has 1 aliphatic heterocycles. The lowest BCUT2D eigenvalue weighted by atomic mass is 9.93. The number of hydrogen-bond acceptors (Lipinski definition) is 3. The Labute approximate surface area is 83.5 Å². The summed E-state index contributed by atoms with van der Waals surface area (Å²) >= 11 is 0. The maximum Gasteiger partial charge on any atom is 0.325 e. The molecular weight excluding hydrogens is 202 g/mol. The smallest absolute Gasteiger partial charge is 0.284 e. The van der Waals surface area contributed by atoms with Crippen LogP contribution >= 0.6 is 0 Å². The summed E-state index contributed by atoms with van der Waals surface area (Å²) in [5.74, 6) is 0.0750. The van der Waals surface area contributed by atoms with E-state index in [1.807, 2.05) is 0 Å². The number of hydrogen-bond donors (Lipinski definition) is 2. The van der Waals surface area contributed by atoms with Crippen molar-refractivity contribution in [2.75, 3.05) is 0 Å². The summed E-state index contributed by atoms with van der Waals surface area (Å²) in [6, 6.07) is -0.00986. The van der Waals surface area contributed by atoms with Gasteiger partial charge in [-0.1, -0.05) is 0 Å². The molecule has 2 N–H and O–H groups in total. The molecule has 6 heteroatoms. The van der Waals surface area contributed by atoms with Crippen molar-refractivity contribution in [1.29, 1.82) is 5.41 Å². The predicted molar refractivity (Wildman–Crippen MR) is 53.0 cm³/mol. The van der Waals surface area contributed by atoms with E-state index in [4.69, 9.17) is 5.41 Å². The second kappa shape index (κ2) is 2.98. The second-order valence-electron chi connectivity index (χ2n) is 3.70. The molecule has 0 unspecified atom stereocenters. The normalized spacial score (nSPS) is 26.5. The maximum absolute atomic E-state index is 11.7. The van der Waals surface area contributed by atoms with Gasteiger partial charge >= 0.3 is 10.2 Å². The van der Waals surface area contributed by atoms with Crippen LogP contribution in [0.2, 0.25) is 0 Å². The summed E-state index contributed by atoms with van der Waals surface area (Å²) in [5.41, 5.74) is 0.505. The molecular formula is C8H13N3O2S. The van der Waals surface area contributed by atoms with Crippen LogP contribution in [-0.4, -0.2) is 24.6 Å². The van der Waals surface area contributed by atoms with E-state index in [0.717, 1.165) is 19.3 Å². The van der Waals surface area contributed by atoms with Gasteiger partial charge in [0.2, 0.25) is 0 Å². The van der Waals surface area contributed by atoms with E-state index >= 15 is 0 Å². The first-order valence-corrected chi connectivity index (χ1v) is 6.04. The number of nitrogens with zero attached hydrogens (tertiary/aromatic N) is 1. The van der Waals surface area contributed by atoms with E-state index in [1.54, 1.807) is 13.0 Å². The highest BCUT2D eigenvalue weighted by molar-refractivity contribution is 7.88. The van der Waals surface area contributed by atoms with Crippen molar-refractivity contribution in [2.45, 2.75) is 32.2 Å². The second-order valence-corrected chi connectivity index (χ2v) is 5.25. The fourth-order valence-corrected chi connectivity index (χ4v) is 3.17. The van der Waals surface area contributed by atoms with E-state index in [0.29, 0.717) is 5.70 Å². The minimum atomic E-state index is -3.49. The fraction of sp³-hybridized carbons (Fsp3) is 0.625. The first-order chi connectivity index (χ1) is 6.50. The van der Waals surface area contributed by atoms with Crippen LogP contribution in [0.3, 0.4) is 0 Å². The molecule has 0 saturated heterocycles. The van der Waals surface area contributed by atoms with Gasteiger partial charge in [0, 0.05) is 17.8 Å². The summed E-state index contributed by atoms with van der Waals surface area (Å²) in [6.45, 7) is 1.64. The van der Waals surface area contributed by atoms with Gasteiger partial charge in [0.05, 0.1) is 0 Å². The quantitative estimate of drug-likeness (QED) is 0.671. The molecule has 0 aromatic carbocycles. The number of rotatable bonds is 1. The molecule has 0 bridgehead atoms. The van der Waals surface area contributed by atoms with E-state index < -0.39 is 10.2 Å². The Bertz CT molecular complexity index is 395. The minimum absolute atomic E-state index is 0.00986. The van der Waals surface area contributed by atoms with Crippen molar-refractivity contribution < 1.29 is 8.42 Å². The molecule has 0 aromatic rings. The third-order valence-electron chi connectivity index (χ3n) is 2.55. The summed E-state index contributed by atoms with van der Waals surface area (Å²) in [5, 5.41) is 7.63. The average molecular weight is 215 g/mol. The van der Waals surface area contributed by atoms with Gasteiger partial charge in [-0.3, -0.25) is 10.1 Å². The van der Waals surface area contributed by atoms with Crippen LogP contribution in [0.4, 0.5) is 0 Å². The zero-order chi connectivity index (χ0) is 10.3. The van der Waals surface area contributed by atoms with Gasteiger partial charge < -0.3 is 0 Å². The van der Waals surface area contributed by atoms with Gasteiger partial charge in [0.1, 0.15) is 5.84 Å². The first-order valence-electron chi connectivity index (χ1n) is 4.60. The third kappa shape index (κ3) is 1.39. The van der Waals surface area contributed by atoms with Gasteiger partial charge in [-0.05, 0) is 26.2 Å². The van der Waals surface area contributed by atoms with Crippen molar-refractivity contribution in [3.63, 3.8) is 0 Å². The van der Waals surface area contributed by atoms with Gasteiger partial charge in [-0.2, -0.15) is 8.42 Å². The Morgan fingerprint density at radius 1 is 1.57 bits per heavy atom. The van der Waals surface area contributed by atoms with E-state index in [1.165, 1.54) is 4.31 Å². The maximum atomic E-state index is 11.7. The lowest BCUT2D eigenvalue weighted by molar-refractivity contribution is 0.285. The molecule has 1 saturated carbocycles. The average Bonchev–Trinajstić information content (AvgIpc) is 1.91. The molecule has 1 heterocycles. The van der Waals surface area contributed by atoms with Crippen LogP contribution in [0.25, 0.3) is 0 Å². The fourth-order valence-electron chi connectivity index (χ4n) is 1.69. The molecule has 0 amide bonds. The van der Waals surface area contributed by atoms with Crippen LogP contribution < -0.4 is 4.72 Å². The number of nitrogens with one attached hydrogen (secondary N) is 2. The SMILES string of the molecule is CC1=CC(=N)N(C2CCC2)S(=O)(=O)N1. The first kappa shape index (κ1) is 9.51. The largest absolute Gasteiger partial charge is 0.325 e. The molecule has 78 valence electrons. The third-order valence-corrected chi connectivity index (χ3v) is 4.14. The standard InChI is InChI=1S/C8H13N3O2S/c1-6-5-8(9)11(7-3-2-4-7)14(12,13)10-6/h5,7,9-10H,2-4H2,1H3. The Hall–Kier alpha value is -1.04. The van der Waals surface area contributed by atoms with Gasteiger partial charge in [-0.25, -0.2) is 4.31 Å². The van der Waals surface area contributed by atoms with Crippen molar-refractivity contribution in [3.8, 4) is 0 Å². The summed E-state index contributed by atoms with van der Waals surface area (Å²) < 4.78 is 26.9. The summed E-state index contributed by atoms with van der Waals surface area (Å²) in [6.07, 6.45) is 4.30. The number of allylic oxidation sites excluding steroid dienone is 1. The molecule has 2 aliphatic rings. The predicted octanol–water partition coefficient (Wildman–Crippen LogP) is 0.570. The van der Waals surface area contributed by atoms with Crippen molar-refractivity contribution in [2.24, 2.45) is 0 Å². The molecule has 0 aromatic heterocycles. The Morgan fingerprint density at radius 2 is 2.21 bits per heavy atom. The molecule has 1 fully saturated rings. The minimum Gasteiger partial charge on any atom is -0.284 e. The van der Waals surface area contributed by atoms with Crippen LogP contribution in [0, 0.1) is 5.41 Å². The highest BCUT2D eigenvalue weighted by atomic mass is 32.2. The van der Waals surface area contributed by atoms with Gasteiger partial charge in [0.15, 0.2) is 0 Å². The van der Waals surface area contributed by atoms with E-state index in [-0.39, 0.29) is 11.9 Å². The Morgan fingerprint density at radius 3 is 2.64 bits per heavy atom. The highest BCUT2D eigenvalue weighted by Gasteiger charge is 2.37. The lowest BCUT2D eigenvalue weighted by Gasteiger charge is -2.39. The zero-order valence-corrected chi connectivity index (χ0v) is 8.76. The highest BCUT2D eigenvalue weighted by Crippen LogP contribution is 2.28. The molecule has 14 heavy (non-hydrogen) atoms. The van der Waals surface area contributed by atoms with Crippen LogP contribution in [0.15, 0.2) is 11.8 Å². The molecule has 2 rings (SSSR count). The van der Waals surface area contributed by atoms with E-state index in [9.17, 15) is 8.42 Å². The summed E-state index contributed by atoms with van der Waals surface area (Å²) in [4.78, 5) is 0. The topological polar surface area (TPSA) is 73.3 Å².